The van der Waals surface area contributed by atoms with Crippen molar-refractivity contribution >= 4 is 63.8 Å². The van der Waals surface area contributed by atoms with Gasteiger partial charge in [0, 0.05) is 5.02 Å². The summed E-state index contributed by atoms with van der Waals surface area (Å²) in [6.07, 6.45) is -0.371. The first-order valence-electron chi connectivity index (χ1n) is 8.43. The van der Waals surface area contributed by atoms with E-state index >= 15 is 0 Å². The lowest BCUT2D eigenvalue weighted by molar-refractivity contribution is -0.183. The van der Waals surface area contributed by atoms with Crippen LogP contribution in [0.25, 0.3) is 0 Å². The maximum Gasteiger partial charge on any atom is 0.218 e. The lowest BCUT2D eigenvalue weighted by atomic mass is 9.68. The minimum Gasteiger partial charge on any atom is -0.354 e. The molecule has 2 atom stereocenters. The van der Waals surface area contributed by atoms with Crippen molar-refractivity contribution in [3.63, 3.8) is 0 Å². The van der Waals surface area contributed by atoms with E-state index in [0.29, 0.717) is 5.02 Å². The molecule has 0 amide bonds. The molecule has 2 nitrogen and oxygen atoms in total. The average Bonchev–Trinajstić information content (AvgIpc) is 2.67. The number of hydrogen-bond acceptors (Lipinski definition) is 2. The second-order valence-corrected chi connectivity index (χ2v) is 8.75. The van der Waals surface area contributed by atoms with Gasteiger partial charge in [0.25, 0.3) is 0 Å². The van der Waals surface area contributed by atoms with Crippen molar-refractivity contribution in [3.05, 3.63) is 90.4 Å². The highest BCUT2D eigenvalue weighted by Crippen LogP contribution is 2.65. The zero-order valence-corrected chi connectivity index (χ0v) is 18.3. The summed E-state index contributed by atoms with van der Waals surface area (Å²) < 4.78 is 6.26. The fourth-order valence-corrected chi connectivity index (χ4v) is 5.05. The Morgan fingerprint density at radius 2 is 1.29 bits per heavy atom. The zero-order chi connectivity index (χ0) is 20.2. The quantitative estimate of drug-likeness (QED) is 0.460. The number of Topliss-reactive ketones (excluding diaryl/α,β-unsaturated/α-hetero) is 1. The van der Waals surface area contributed by atoms with Gasteiger partial charge in [0.2, 0.25) is 5.78 Å². The highest BCUT2D eigenvalue weighted by Gasteiger charge is 2.64. The molecule has 7 heteroatoms. The normalized spacial score (nSPS) is 24.0. The van der Waals surface area contributed by atoms with E-state index in [-0.39, 0.29) is 32.2 Å². The number of aryl methyl sites for hydroxylation is 1. The Balaban J connectivity index is 1.89. The smallest absolute Gasteiger partial charge is 0.218 e. The molecule has 1 fully saturated rings. The van der Waals surface area contributed by atoms with Gasteiger partial charge in [-0.3, -0.25) is 4.79 Å². The minimum absolute atomic E-state index is 0.0457. The molecule has 0 aromatic heterocycles. The molecular formula is C21H13Cl5O2. The Hall–Kier alpha value is -1.000. The van der Waals surface area contributed by atoms with Crippen molar-refractivity contribution < 1.29 is 9.53 Å². The molecule has 1 aliphatic carbocycles. The lowest BCUT2D eigenvalue weighted by Gasteiger charge is -2.56. The molecule has 1 saturated heterocycles. The maximum atomic E-state index is 12.2. The van der Waals surface area contributed by atoms with Crippen molar-refractivity contribution in [2.24, 2.45) is 0 Å². The number of ether oxygens (including phenoxy) is 1. The SMILES string of the molecule is Cc1ccc(C2C(c3ccc(Cl)cc3)OC23C(Cl)=C(Cl)C(=O)C(Cl)=C3Cl)cc1. The van der Waals surface area contributed by atoms with E-state index in [0.717, 1.165) is 16.7 Å². The van der Waals surface area contributed by atoms with Crippen molar-refractivity contribution in [2.45, 2.75) is 24.5 Å². The van der Waals surface area contributed by atoms with Gasteiger partial charge in [-0.25, -0.2) is 0 Å². The van der Waals surface area contributed by atoms with E-state index in [1.54, 1.807) is 12.1 Å². The Morgan fingerprint density at radius 1 is 0.786 bits per heavy atom. The van der Waals surface area contributed by atoms with Crippen LogP contribution in [0.1, 0.15) is 28.7 Å². The van der Waals surface area contributed by atoms with Crippen molar-refractivity contribution in [1.29, 1.82) is 0 Å². The first kappa shape index (κ1) is 20.3. The number of rotatable bonds is 2. The van der Waals surface area contributed by atoms with E-state index in [1.165, 1.54) is 0 Å². The number of carbonyl (C=O) groups is 1. The van der Waals surface area contributed by atoms with Crippen LogP contribution in [0.2, 0.25) is 5.02 Å². The second-order valence-electron chi connectivity index (χ2n) is 6.80. The van der Waals surface area contributed by atoms with E-state index in [1.807, 2.05) is 43.3 Å². The Morgan fingerprint density at radius 3 is 1.82 bits per heavy atom. The molecule has 1 aliphatic heterocycles. The van der Waals surface area contributed by atoms with Gasteiger partial charge in [-0.05, 0) is 30.2 Å². The van der Waals surface area contributed by atoms with Crippen LogP contribution in [-0.2, 0) is 9.53 Å². The number of carbonyl (C=O) groups excluding carboxylic acids is 1. The molecule has 144 valence electrons. The average molecular weight is 475 g/mol. The summed E-state index contributed by atoms with van der Waals surface area (Å²) in [6.45, 7) is 2.00. The zero-order valence-electron chi connectivity index (χ0n) is 14.5. The maximum absolute atomic E-state index is 12.2. The number of hydrogen-bond donors (Lipinski definition) is 0. The highest BCUT2D eigenvalue weighted by molar-refractivity contribution is 6.61. The van der Waals surface area contributed by atoms with Gasteiger partial charge in [0.1, 0.15) is 10.1 Å². The van der Waals surface area contributed by atoms with Crippen LogP contribution in [0.4, 0.5) is 0 Å². The molecule has 2 aromatic rings. The Bertz CT molecular complexity index is 994. The van der Waals surface area contributed by atoms with E-state index in [9.17, 15) is 4.79 Å². The number of ketones is 1. The monoisotopic (exact) mass is 472 g/mol. The van der Waals surface area contributed by atoms with Gasteiger partial charge in [-0.15, -0.1) is 0 Å². The molecule has 1 heterocycles. The first-order valence-corrected chi connectivity index (χ1v) is 10.3. The topological polar surface area (TPSA) is 26.3 Å². The van der Waals surface area contributed by atoms with Crippen LogP contribution in [0, 0.1) is 6.92 Å². The molecule has 0 bridgehead atoms. The largest absolute Gasteiger partial charge is 0.354 e. The molecule has 28 heavy (non-hydrogen) atoms. The highest BCUT2D eigenvalue weighted by atomic mass is 35.5. The second kappa shape index (κ2) is 7.36. The molecule has 0 saturated carbocycles. The van der Waals surface area contributed by atoms with E-state index < -0.39 is 11.4 Å². The molecule has 0 radical (unpaired) electrons. The molecule has 2 aliphatic rings. The van der Waals surface area contributed by atoms with Crippen LogP contribution < -0.4 is 0 Å². The van der Waals surface area contributed by atoms with Gasteiger partial charge in [0.15, 0.2) is 5.60 Å². The summed E-state index contributed by atoms with van der Waals surface area (Å²) >= 11 is 31.5. The predicted molar refractivity (Wildman–Crippen MR) is 114 cm³/mol. The Kier molecular flexibility index (Phi) is 5.33. The molecule has 2 aromatic carbocycles. The fourth-order valence-electron chi connectivity index (χ4n) is 3.67. The number of allylic oxidation sites excluding steroid dienone is 2. The minimum atomic E-state index is -1.30. The third-order valence-electron chi connectivity index (χ3n) is 5.12. The summed E-state index contributed by atoms with van der Waals surface area (Å²) in [5, 5.41) is 0.356. The van der Waals surface area contributed by atoms with Gasteiger partial charge in [0.05, 0.1) is 22.1 Å². The van der Waals surface area contributed by atoms with E-state index in [2.05, 4.69) is 0 Å². The van der Waals surface area contributed by atoms with Gasteiger partial charge < -0.3 is 4.74 Å². The van der Waals surface area contributed by atoms with Crippen LogP contribution in [0.15, 0.2) is 68.7 Å². The van der Waals surface area contributed by atoms with Gasteiger partial charge >= 0.3 is 0 Å². The first-order chi connectivity index (χ1) is 13.3. The van der Waals surface area contributed by atoms with Crippen LogP contribution in [0.5, 0.6) is 0 Å². The van der Waals surface area contributed by atoms with Gasteiger partial charge in [-0.2, -0.15) is 0 Å². The van der Waals surface area contributed by atoms with Crippen LogP contribution in [-0.4, -0.2) is 11.4 Å². The fraction of sp³-hybridized carbons (Fsp3) is 0.190. The summed E-state index contributed by atoms with van der Waals surface area (Å²) in [5.74, 6) is -0.935. The molecule has 1 spiro atoms. The number of benzene rings is 2. The number of halogens is 5. The standard InChI is InChI=1S/C21H13Cl5O2/c1-10-2-4-11(5-3-10)14-18(12-6-8-13(22)9-7-12)28-21(14)19(25)15(23)17(27)16(24)20(21)26/h2-9,14,18H,1H3. The third kappa shape index (κ3) is 2.94. The van der Waals surface area contributed by atoms with Crippen LogP contribution in [0.3, 0.4) is 0 Å². The summed E-state index contributed by atoms with van der Waals surface area (Å²) in [6, 6.07) is 15.3. The van der Waals surface area contributed by atoms with Crippen molar-refractivity contribution in [3.8, 4) is 0 Å². The van der Waals surface area contributed by atoms with Crippen molar-refractivity contribution in [1.82, 2.24) is 0 Å². The lowest BCUT2D eigenvalue weighted by Crippen LogP contribution is -2.56. The van der Waals surface area contributed by atoms with E-state index in [4.69, 9.17) is 62.7 Å². The van der Waals surface area contributed by atoms with Crippen molar-refractivity contribution in [2.75, 3.05) is 0 Å². The summed E-state index contributed by atoms with van der Waals surface area (Å²) in [7, 11) is 0. The summed E-state index contributed by atoms with van der Waals surface area (Å²) in [4.78, 5) is 12.2. The van der Waals surface area contributed by atoms with Gasteiger partial charge in [-0.1, -0.05) is 100.0 Å². The molecule has 0 N–H and O–H groups in total. The predicted octanol–water partition coefficient (Wildman–Crippen LogP) is 7.20. The summed E-state index contributed by atoms with van der Waals surface area (Å²) in [5.41, 5.74) is 1.65. The third-order valence-corrected chi connectivity index (χ3v) is 7.23. The molecule has 4 rings (SSSR count). The molecule has 2 unspecified atom stereocenters. The molecular weight excluding hydrogens is 461 g/mol. The Labute approximate surface area is 187 Å². The van der Waals surface area contributed by atoms with Crippen LogP contribution >= 0.6 is 58.0 Å².